The van der Waals surface area contributed by atoms with Crippen LogP contribution in [0.25, 0.3) is 17.0 Å². The Morgan fingerprint density at radius 2 is 1.79 bits per heavy atom. The molecule has 0 saturated carbocycles. The van der Waals surface area contributed by atoms with Crippen LogP contribution in [0.2, 0.25) is 5.02 Å². The van der Waals surface area contributed by atoms with Gasteiger partial charge in [-0.25, -0.2) is 23.1 Å². The third-order valence-electron chi connectivity index (χ3n) is 5.72. The molecule has 0 spiro atoms. The average Bonchev–Trinajstić information content (AvgIpc) is 2.94. The maximum atomic E-state index is 12.4. The van der Waals surface area contributed by atoms with E-state index in [0.29, 0.717) is 22.3 Å². The van der Waals surface area contributed by atoms with Crippen LogP contribution in [0.1, 0.15) is 11.3 Å². The number of nitrogens with one attached hydrogen (secondary N) is 2. The van der Waals surface area contributed by atoms with Crippen LogP contribution in [0, 0.1) is 6.92 Å². The number of aryl methyl sites for hydroxylation is 1. The molecule has 0 radical (unpaired) electrons. The lowest BCUT2D eigenvalue weighted by molar-refractivity contribution is 0.480. The van der Waals surface area contributed by atoms with Crippen LogP contribution in [-0.2, 0) is 10.0 Å². The summed E-state index contributed by atoms with van der Waals surface area (Å²) in [6.07, 6.45) is 6.73. The summed E-state index contributed by atoms with van der Waals surface area (Å²) >= 11 is 6.49. The fourth-order valence-electron chi connectivity index (χ4n) is 3.75. The van der Waals surface area contributed by atoms with Gasteiger partial charge in [0.15, 0.2) is 0 Å². The zero-order valence-corrected chi connectivity index (χ0v) is 22.4. The number of hydrogen-bond donors (Lipinski definition) is 2. The molecule has 39 heavy (non-hydrogen) atoms. The molecule has 0 bridgehead atoms. The highest BCUT2D eigenvalue weighted by Crippen LogP contribution is 2.33. The molecule has 8 nitrogen and oxygen atoms in total. The third kappa shape index (κ3) is 6.58. The third-order valence-corrected chi connectivity index (χ3v) is 7.46. The van der Waals surface area contributed by atoms with Crippen molar-refractivity contribution in [1.82, 2.24) is 19.7 Å². The lowest BCUT2D eigenvalue weighted by Gasteiger charge is -2.12. The summed E-state index contributed by atoms with van der Waals surface area (Å²) < 4.78 is 33.2. The molecule has 0 unspecified atom stereocenters. The number of sulfonamides is 1. The largest absolute Gasteiger partial charge is 0.454 e. The standard InChI is InChI=1S/C29H24ClN5O3S/c1-20-9-12-23(18-31-20)38-28-14-11-22(17-26(28)30)35-29-25-16-21(10-13-27(25)32-19-33-29)6-5-15-34-39(36,37)24-7-3-2-4-8-24/h2-14,16-19,34H,15H2,1H3,(H,32,33,35)/b6-5+. The quantitative estimate of drug-likeness (QED) is 0.213. The van der Waals surface area contributed by atoms with Crippen molar-refractivity contribution in [1.29, 1.82) is 0 Å². The Bertz CT molecular complexity index is 1750. The highest BCUT2D eigenvalue weighted by atomic mass is 35.5. The van der Waals surface area contributed by atoms with E-state index < -0.39 is 10.0 Å². The lowest BCUT2D eigenvalue weighted by Crippen LogP contribution is -2.23. The van der Waals surface area contributed by atoms with Crippen molar-refractivity contribution in [2.45, 2.75) is 11.8 Å². The number of pyridine rings is 1. The van der Waals surface area contributed by atoms with Gasteiger partial charge in [-0.1, -0.05) is 48.0 Å². The second-order valence-electron chi connectivity index (χ2n) is 8.57. The van der Waals surface area contributed by atoms with Crippen LogP contribution in [0.3, 0.4) is 0 Å². The number of benzene rings is 3. The summed E-state index contributed by atoms with van der Waals surface area (Å²) in [5.41, 5.74) is 3.25. The average molecular weight is 558 g/mol. The molecule has 0 saturated heterocycles. The predicted molar refractivity (Wildman–Crippen MR) is 154 cm³/mol. The monoisotopic (exact) mass is 557 g/mol. The van der Waals surface area contributed by atoms with Crippen LogP contribution in [-0.4, -0.2) is 29.9 Å². The molecule has 0 fully saturated rings. The summed E-state index contributed by atoms with van der Waals surface area (Å²) in [7, 11) is -3.57. The Hall–Kier alpha value is -4.31. The number of fused-ring (bicyclic) bond motifs is 1. The van der Waals surface area contributed by atoms with Crippen molar-refractivity contribution >= 4 is 50.1 Å². The van der Waals surface area contributed by atoms with Gasteiger partial charge in [0.05, 0.1) is 21.6 Å². The van der Waals surface area contributed by atoms with Crippen molar-refractivity contribution in [3.05, 3.63) is 114 Å². The molecule has 2 N–H and O–H groups in total. The molecule has 10 heteroatoms. The van der Waals surface area contributed by atoms with E-state index in [-0.39, 0.29) is 11.4 Å². The van der Waals surface area contributed by atoms with Crippen molar-refractivity contribution in [3.8, 4) is 11.5 Å². The number of rotatable bonds is 9. The minimum Gasteiger partial charge on any atom is -0.454 e. The maximum Gasteiger partial charge on any atom is 0.240 e. The Morgan fingerprint density at radius 1 is 0.949 bits per heavy atom. The minimum atomic E-state index is -3.57. The fraction of sp³-hybridized carbons (Fsp3) is 0.0690. The molecule has 0 aliphatic rings. The zero-order valence-electron chi connectivity index (χ0n) is 20.9. The van der Waals surface area contributed by atoms with Crippen LogP contribution < -0.4 is 14.8 Å². The molecule has 5 rings (SSSR count). The summed E-state index contributed by atoms with van der Waals surface area (Å²) in [6.45, 7) is 2.06. The van der Waals surface area contributed by atoms with E-state index in [1.165, 1.54) is 6.33 Å². The second-order valence-corrected chi connectivity index (χ2v) is 10.7. The van der Waals surface area contributed by atoms with Gasteiger partial charge in [-0.3, -0.25) is 4.98 Å². The van der Waals surface area contributed by atoms with E-state index in [9.17, 15) is 8.42 Å². The second kappa shape index (κ2) is 11.6. The molecule has 2 aromatic heterocycles. The van der Waals surface area contributed by atoms with Crippen molar-refractivity contribution in [3.63, 3.8) is 0 Å². The molecular weight excluding hydrogens is 534 g/mol. The first kappa shape index (κ1) is 26.3. The van der Waals surface area contributed by atoms with Crippen LogP contribution in [0.4, 0.5) is 11.5 Å². The first-order valence-corrected chi connectivity index (χ1v) is 13.9. The Balaban J connectivity index is 1.30. The van der Waals surface area contributed by atoms with Crippen LogP contribution in [0.15, 0.2) is 102 Å². The predicted octanol–water partition coefficient (Wildman–Crippen LogP) is 6.51. The molecule has 3 aromatic carbocycles. The van der Waals surface area contributed by atoms with Gasteiger partial charge in [-0.15, -0.1) is 0 Å². The zero-order chi connectivity index (χ0) is 27.2. The molecule has 2 heterocycles. The fourth-order valence-corrected chi connectivity index (χ4v) is 4.97. The van der Waals surface area contributed by atoms with Gasteiger partial charge in [0.1, 0.15) is 23.6 Å². The number of ether oxygens (including phenoxy) is 1. The van der Waals surface area contributed by atoms with E-state index in [1.807, 2.05) is 49.4 Å². The van der Waals surface area contributed by atoms with E-state index in [4.69, 9.17) is 16.3 Å². The Labute approximate surface area is 231 Å². The molecular formula is C29H24ClN5O3S. The van der Waals surface area contributed by atoms with Gasteiger partial charge < -0.3 is 10.1 Å². The van der Waals surface area contributed by atoms with Gasteiger partial charge in [0, 0.05) is 23.3 Å². The minimum absolute atomic E-state index is 0.150. The lowest BCUT2D eigenvalue weighted by atomic mass is 10.1. The van der Waals surface area contributed by atoms with Crippen molar-refractivity contribution in [2.75, 3.05) is 11.9 Å². The van der Waals surface area contributed by atoms with Crippen molar-refractivity contribution in [2.24, 2.45) is 0 Å². The number of halogens is 1. The maximum absolute atomic E-state index is 12.4. The van der Waals surface area contributed by atoms with Gasteiger partial charge in [0.2, 0.25) is 10.0 Å². The van der Waals surface area contributed by atoms with E-state index >= 15 is 0 Å². The Morgan fingerprint density at radius 3 is 2.56 bits per heavy atom. The van der Waals surface area contributed by atoms with E-state index in [1.54, 1.807) is 54.7 Å². The van der Waals surface area contributed by atoms with Crippen LogP contribution in [0.5, 0.6) is 11.5 Å². The summed E-state index contributed by atoms with van der Waals surface area (Å²) in [5.74, 6) is 1.71. The smallest absolute Gasteiger partial charge is 0.240 e. The highest BCUT2D eigenvalue weighted by Gasteiger charge is 2.11. The summed E-state index contributed by atoms with van der Waals surface area (Å²) in [5, 5.41) is 4.53. The van der Waals surface area contributed by atoms with Gasteiger partial charge in [-0.2, -0.15) is 0 Å². The van der Waals surface area contributed by atoms with E-state index in [0.717, 1.165) is 27.8 Å². The Kier molecular flexibility index (Phi) is 7.83. The van der Waals surface area contributed by atoms with Gasteiger partial charge in [0.25, 0.3) is 0 Å². The number of hydrogen-bond acceptors (Lipinski definition) is 7. The molecule has 0 aliphatic heterocycles. The van der Waals surface area contributed by atoms with Gasteiger partial charge in [-0.05, 0) is 67.1 Å². The summed E-state index contributed by atoms with van der Waals surface area (Å²) in [4.78, 5) is 13.2. The molecule has 0 amide bonds. The number of aromatic nitrogens is 3. The van der Waals surface area contributed by atoms with Gasteiger partial charge >= 0.3 is 0 Å². The first-order valence-electron chi connectivity index (χ1n) is 12.0. The molecule has 0 atom stereocenters. The number of nitrogens with zero attached hydrogens (tertiary/aromatic N) is 3. The number of anilines is 2. The normalized spacial score (nSPS) is 11.6. The first-order chi connectivity index (χ1) is 18.9. The van der Waals surface area contributed by atoms with Crippen molar-refractivity contribution < 1.29 is 13.2 Å². The molecule has 196 valence electrons. The topological polar surface area (TPSA) is 106 Å². The van der Waals surface area contributed by atoms with E-state index in [2.05, 4.69) is 25.0 Å². The summed E-state index contributed by atoms with van der Waals surface area (Å²) in [6, 6.07) is 23.1. The molecule has 5 aromatic rings. The highest BCUT2D eigenvalue weighted by molar-refractivity contribution is 7.89. The van der Waals surface area contributed by atoms with Crippen LogP contribution >= 0.6 is 11.6 Å². The molecule has 0 aliphatic carbocycles. The SMILES string of the molecule is Cc1ccc(Oc2ccc(Nc3ncnc4ccc(/C=C/CNS(=O)(=O)c5ccccc5)cc34)cc2Cl)cn1.